The molecule has 10 heteroatoms. The maximum absolute atomic E-state index is 13.4. The van der Waals surface area contributed by atoms with E-state index in [0.717, 1.165) is 28.6 Å². The minimum Gasteiger partial charge on any atom is -0.383 e. The summed E-state index contributed by atoms with van der Waals surface area (Å²) < 4.78 is 36.3. The molecule has 186 valence electrons. The van der Waals surface area contributed by atoms with Crippen molar-refractivity contribution in [2.75, 3.05) is 24.6 Å². The SMILES string of the molecule is COCCn1c(=NC(=O)c2ccc(S(=O)(=O)N3CCCc4ccccc43)cc2)sc2cc(Cl)ccc21. The van der Waals surface area contributed by atoms with Gasteiger partial charge in [-0.3, -0.25) is 9.10 Å². The predicted molar refractivity (Wildman–Crippen MR) is 142 cm³/mol. The Hall–Kier alpha value is -2.98. The summed E-state index contributed by atoms with van der Waals surface area (Å²) in [5.41, 5.74) is 2.95. The van der Waals surface area contributed by atoms with Gasteiger partial charge in [0.2, 0.25) is 0 Å². The number of sulfonamides is 1. The number of thiazole rings is 1. The number of carbonyl (C=O) groups is 1. The molecule has 0 saturated carbocycles. The summed E-state index contributed by atoms with van der Waals surface area (Å²) in [6.45, 7) is 1.41. The largest absolute Gasteiger partial charge is 0.383 e. The standard InChI is InChI=1S/C26H24ClN3O4S2/c1-34-16-15-29-23-13-10-20(27)17-24(23)35-26(29)28-25(31)19-8-11-21(12-9-19)36(32,33)30-14-4-6-18-5-2-3-7-22(18)30/h2-3,5,7-13,17H,4,6,14-16H2,1H3. The lowest BCUT2D eigenvalue weighted by Gasteiger charge is -2.30. The molecular weight excluding hydrogens is 518 g/mol. The average Bonchev–Trinajstić information content (AvgIpc) is 3.22. The Morgan fingerprint density at radius 2 is 1.89 bits per heavy atom. The van der Waals surface area contributed by atoms with Crippen LogP contribution in [0, 0.1) is 0 Å². The molecule has 0 unspecified atom stereocenters. The van der Waals surface area contributed by atoms with Gasteiger partial charge in [-0.05, 0) is 66.9 Å². The number of fused-ring (bicyclic) bond motifs is 2. The second kappa shape index (κ2) is 10.2. The number of benzene rings is 3. The lowest BCUT2D eigenvalue weighted by Crippen LogP contribution is -2.35. The fourth-order valence-electron chi connectivity index (χ4n) is 4.33. The number of nitrogens with zero attached hydrogens (tertiary/aromatic N) is 3. The van der Waals surface area contributed by atoms with E-state index in [1.54, 1.807) is 13.2 Å². The van der Waals surface area contributed by atoms with Gasteiger partial charge in [-0.1, -0.05) is 41.1 Å². The first-order valence-electron chi connectivity index (χ1n) is 11.5. The number of hydrogen-bond donors (Lipinski definition) is 0. The van der Waals surface area contributed by atoms with E-state index in [0.29, 0.717) is 40.8 Å². The highest BCUT2D eigenvalue weighted by atomic mass is 35.5. The Bertz CT molecular complexity index is 1610. The monoisotopic (exact) mass is 541 g/mol. The van der Waals surface area contributed by atoms with Crippen molar-refractivity contribution in [1.82, 2.24) is 4.57 Å². The van der Waals surface area contributed by atoms with E-state index in [2.05, 4.69) is 4.99 Å². The summed E-state index contributed by atoms with van der Waals surface area (Å²) in [7, 11) is -2.14. The minimum atomic E-state index is -3.75. The first-order valence-corrected chi connectivity index (χ1v) is 14.1. The summed E-state index contributed by atoms with van der Waals surface area (Å²) in [5, 5.41) is 0.605. The van der Waals surface area contributed by atoms with Gasteiger partial charge in [-0.25, -0.2) is 8.42 Å². The molecule has 0 spiro atoms. The van der Waals surface area contributed by atoms with Crippen molar-refractivity contribution in [3.05, 3.63) is 87.7 Å². The maximum Gasteiger partial charge on any atom is 0.279 e. The molecule has 0 bridgehead atoms. The molecule has 3 aromatic carbocycles. The second-order valence-electron chi connectivity index (χ2n) is 8.39. The Labute approximate surface area is 218 Å². The number of methoxy groups -OCH3 is 1. The first kappa shape index (κ1) is 24.7. The van der Waals surface area contributed by atoms with Crippen LogP contribution in [0.15, 0.2) is 76.6 Å². The van der Waals surface area contributed by atoms with Gasteiger partial charge in [0.15, 0.2) is 4.80 Å². The van der Waals surface area contributed by atoms with Crippen LogP contribution >= 0.6 is 22.9 Å². The van der Waals surface area contributed by atoms with Crippen LogP contribution in [0.4, 0.5) is 5.69 Å². The molecule has 0 N–H and O–H groups in total. The zero-order valence-electron chi connectivity index (χ0n) is 19.6. The fraction of sp³-hybridized carbons (Fsp3) is 0.231. The molecule has 0 aliphatic carbocycles. The lowest BCUT2D eigenvalue weighted by molar-refractivity contribution is 0.0997. The van der Waals surface area contributed by atoms with Gasteiger partial charge in [0.25, 0.3) is 15.9 Å². The van der Waals surface area contributed by atoms with Crippen molar-refractivity contribution in [3.63, 3.8) is 0 Å². The highest BCUT2D eigenvalue weighted by molar-refractivity contribution is 7.92. The zero-order chi connectivity index (χ0) is 25.3. The van der Waals surface area contributed by atoms with Crippen LogP contribution < -0.4 is 9.11 Å². The van der Waals surface area contributed by atoms with Crippen molar-refractivity contribution < 1.29 is 17.9 Å². The number of rotatable bonds is 6. The summed E-state index contributed by atoms with van der Waals surface area (Å²) in [5.74, 6) is -0.453. The minimum absolute atomic E-state index is 0.141. The number of halogens is 1. The van der Waals surface area contributed by atoms with E-state index in [4.69, 9.17) is 16.3 Å². The van der Waals surface area contributed by atoms with Crippen molar-refractivity contribution in [2.24, 2.45) is 4.99 Å². The number of carbonyl (C=O) groups excluding carboxylic acids is 1. The first-order chi connectivity index (χ1) is 17.4. The summed E-state index contributed by atoms with van der Waals surface area (Å²) in [4.78, 5) is 18.0. The summed E-state index contributed by atoms with van der Waals surface area (Å²) >= 11 is 7.51. The molecule has 2 heterocycles. The van der Waals surface area contributed by atoms with Gasteiger partial charge >= 0.3 is 0 Å². The van der Waals surface area contributed by atoms with Gasteiger partial charge in [0.05, 0.1) is 27.4 Å². The molecule has 0 saturated heterocycles. The third-order valence-corrected chi connectivity index (χ3v) is 9.22. The average molecular weight is 542 g/mol. The normalized spacial score (nSPS) is 14.3. The smallest absolute Gasteiger partial charge is 0.279 e. The molecular formula is C26H24ClN3O4S2. The number of aryl methyl sites for hydroxylation is 1. The van der Waals surface area contributed by atoms with E-state index in [1.807, 2.05) is 41.0 Å². The van der Waals surface area contributed by atoms with Crippen LogP contribution in [-0.4, -0.2) is 39.2 Å². The molecule has 5 rings (SSSR count). The van der Waals surface area contributed by atoms with Crippen LogP contribution in [0.3, 0.4) is 0 Å². The van der Waals surface area contributed by atoms with E-state index in [-0.39, 0.29) is 4.90 Å². The van der Waals surface area contributed by atoms with Crippen molar-refractivity contribution in [3.8, 4) is 0 Å². The number of amides is 1. The van der Waals surface area contributed by atoms with Crippen LogP contribution in [0.5, 0.6) is 0 Å². The van der Waals surface area contributed by atoms with Gasteiger partial charge in [-0.15, -0.1) is 0 Å². The maximum atomic E-state index is 13.4. The number of para-hydroxylation sites is 1. The van der Waals surface area contributed by atoms with Crippen LogP contribution in [0.1, 0.15) is 22.3 Å². The predicted octanol–water partition coefficient (Wildman–Crippen LogP) is 4.89. The lowest BCUT2D eigenvalue weighted by atomic mass is 10.0. The van der Waals surface area contributed by atoms with Crippen LogP contribution in [0.25, 0.3) is 10.2 Å². The molecule has 1 aliphatic rings. The topological polar surface area (TPSA) is 81.0 Å². The molecule has 4 aromatic rings. The number of anilines is 1. The summed E-state index contributed by atoms with van der Waals surface area (Å²) in [6.07, 6.45) is 1.61. The Balaban J connectivity index is 1.46. The highest BCUT2D eigenvalue weighted by Gasteiger charge is 2.29. The molecule has 7 nitrogen and oxygen atoms in total. The molecule has 0 atom stereocenters. The van der Waals surface area contributed by atoms with Crippen molar-refractivity contribution >= 4 is 54.8 Å². The van der Waals surface area contributed by atoms with Crippen molar-refractivity contribution in [2.45, 2.75) is 24.3 Å². The molecule has 36 heavy (non-hydrogen) atoms. The second-order valence-corrected chi connectivity index (χ2v) is 11.7. The molecule has 0 radical (unpaired) electrons. The van der Waals surface area contributed by atoms with E-state index < -0.39 is 15.9 Å². The molecule has 0 fully saturated rings. The summed E-state index contributed by atoms with van der Waals surface area (Å²) in [6, 6.07) is 19.1. The number of hydrogen-bond acceptors (Lipinski definition) is 5. The van der Waals surface area contributed by atoms with Gasteiger partial charge in [-0.2, -0.15) is 4.99 Å². The van der Waals surface area contributed by atoms with Gasteiger partial charge in [0.1, 0.15) is 0 Å². The third-order valence-electron chi connectivity index (χ3n) is 6.12. The van der Waals surface area contributed by atoms with Crippen LogP contribution in [-0.2, 0) is 27.7 Å². The molecule has 1 aromatic heterocycles. The van der Waals surface area contributed by atoms with E-state index in [9.17, 15) is 13.2 Å². The Kier molecular flexibility index (Phi) is 6.98. The fourth-order valence-corrected chi connectivity index (χ4v) is 7.20. The van der Waals surface area contributed by atoms with E-state index in [1.165, 1.54) is 39.9 Å². The van der Waals surface area contributed by atoms with E-state index >= 15 is 0 Å². The number of ether oxygens (including phenoxy) is 1. The quantitative estimate of drug-likeness (QED) is 0.348. The Morgan fingerprint density at radius 1 is 1.11 bits per heavy atom. The van der Waals surface area contributed by atoms with Crippen molar-refractivity contribution in [1.29, 1.82) is 0 Å². The van der Waals surface area contributed by atoms with Gasteiger partial charge in [0, 0.05) is 30.8 Å². The zero-order valence-corrected chi connectivity index (χ0v) is 21.9. The number of aromatic nitrogens is 1. The third kappa shape index (κ3) is 4.71. The molecule has 1 amide bonds. The Morgan fingerprint density at radius 3 is 2.67 bits per heavy atom. The molecule has 1 aliphatic heterocycles. The van der Waals surface area contributed by atoms with Crippen LogP contribution in [0.2, 0.25) is 5.02 Å². The van der Waals surface area contributed by atoms with Gasteiger partial charge < -0.3 is 9.30 Å². The highest BCUT2D eigenvalue weighted by Crippen LogP contribution is 2.32.